The van der Waals surface area contributed by atoms with Crippen molar-refractivity contribution in [3.05, 3.63) is 41.5 Å². The molecule has 1 rings (SSSR count). The third kappa shape index (κ3) is 3.56. The highest BCUT2D eigenvalue weighted by Gasteiger charge is 1.89. The van der Waals surface area contributed by atoms with E-state index in [9.17, 15) is 4.79 Å². The van der Waals surface area contributed by atoms with Crippen LogP contribution in [-0.2, 0) is 4.79 Å². The molecule has 1 aromatic rings. The average molecular weight is 175 g/mol. The summed E-state index contributed by atoms with van der Waals surface area (Å²) in [6, 6.07) is 8.06. The molecule has 0 unspecified atom stereocenters. The van der Waals surface area contributed by atoms with Crippen molar-refractivity contribution < 1.29 is 4.79 Å². The van der Waals surface area contributed by atoms with E-state index in [1.54, 1.807) is 6.08 Å². The molecule has 0 heterocycles. The highest BCUT2D eigenvalue weighted by atomic mass is 16.1. The van der Waals surface area contributed by atoms with Crippen molar-refractivity contribution in [2.75, 3.05) is 0 Å². The minimum Gasteiger partial charge on any atom is -0.369 e. The fraction of sp³-hybridized carbons (Fsp3) is 0.182. The monoisotopic (exact) mass is 175 g/mol. The van der Waals surface area contributed by atoms with Crippen LogP contribution in [0.5, 0.6) is 0 Å². The SMILES string of the molecule is Cc1cccc(C=CCC(N)=O)c1. The lowest BCUT2D eigenvalue weighted by atomic mass is 10.1. The van der Waals surface area contributed by atoms with Gasteiger partial charge in [-0.15, -0.1) is 0 Å². The maximum atomic E-state index is 10.4. The van der Waals surface area contributed by atoms with E-state index in [1.165, 1.54) is 5.56 Å². The van der Waals surface area contributed by atoms with Crippen molar-refractivity contribution in [3.8, 4) is 0 Å². The lowest BCUT2D eigenvalue weighted by Gasteiger charge is -1.94. The van der Waals surface area contributed by atoms with E-state index >= 15 is 0 Å². The molecule has 0 aliphatic carbocycles. The van der Waals surface area contributed by atoms with Gasteiger partial charge in [0.15, 0.2) is 0 Å². The Morgan fingerprint density at radius 3 is 2.92 bits per heavy atom. The molecule has 0 aliphatic rings. The van der Waals surface area contributed by atoms with Gasteiger partial charge in [-0.05, 0) is 12.5 Å². The van der Waals surface area contributed by atoms with Gasteiger partial charge in [-0.25, -0.2) is 0 Å². The van der Waals surface area contributed by atoms with Crippen molar-refractivity contribution in [1.82, 2.24) is 0 Å². The first-order chi connectivity index (χ1) is 6.18. The van der Waals surface area contributed by atoms with Gasteiger partial charge < -0.3 is 5.73 Å². The Kier molecular flexibility index (Phi) is 3.26. The molecule has 0 fully saturated rings. The van der Waals surface area contributed by atoms with Gasteiger partial charge in [-0.3, -0.25) is 4.79 Å². The molecule has 0 saturated carbocycles. The summed E-state index contributed by atoms with van der Waals surface area (Å²) in [5.74, 6) is -0.302. The second kappa shape index (κ2) is 4.45. The second-order valence-corrected chi connectivity index (χ2v) is 2.99. The lowest BCUT2D eigenvalue weighted by Crippen LogP contribution is -2.07. The molecule has 2 N–H and O–H groups in total. The molecule has 0 aromatic heterocycles. The number of amides is 1. The van der Waals surface area contributed by atoms with Crippen molar-refractivity contribution >= 4 is 12.0 Å². The summed E-state index contributed by atoms with van der Waals surface area (Å²) in [6.45, 7) is 2.03. The fourth-order valence-corrected chi connectivity index (χ4v) is 1.08. The van der Waals surface area contributed by atoms with Gasteiger partial charge >= 0.3 is 0 Å². The molecule has 0 radical (unpaired) electrons. The van der Waals surface area contributed by atoms with Gasteiger partial charge in [-0.1, -0.05) is 42.0 Å². The molecule has 1 amide bonds. The maximum Gasteiger partial charge on any atom is 0.221 e. The molecule has 0 atom stereocenters. The predicted molar refractivity (Wildman–Crippen MR) is 54.0 cm³/mol. The summed E-state index contributed by atoms with van der Waals surface area (Å²) >= 11 is 0. The third-order valence-corrected chi connectivity index (χ3v) is 1.67. The highest BCUT2D eigenvalue weighted by molar-refractivity contribution is 5.76. The van der Waals surface area contributed by atoms with E-state index in [0.717, 1.165) is 5.56 Å². The van der Waals surface area contributed by atoms with Gasteiger partial charge in [0.1, 0.15) is 0 Å². The van der Waals surface area contributed by atoms with E-state index in [1.807, 2.05) is 31.2 Å². The first kappa shape index (κ1) is 9.52. The maximum absolute atomic E-state index is 10.4. The van der Waals surface area contributed by atoms with E-state index in [2.05, 4.69) is 6.07 Å². The Labute approximate surface area is 78.1 Å². The average Bonchev–Trinajstić information content (AvgIpc) is 2.03. The number of aryl methyl sites for hydroxylation is 1. The first-order valence-electron chi connectivity index (χ1n) is 4.20. The molecule has 0 saturated heterocycles. The fourth-order valence-electron chi connectivity index (χ4n) is 1.08. The minimum absolute atomic E-state index is 0.300. The van der Waals surface area contributed by atoms with Crippen molar-refractivity contribution in [1.29, 1.82) is 0 Å². The Morgan fingerprint density at radius 1 is 1.54 bits per heavy atom. The smallest absolute Gasteiger partial charge is 0.221 e. The molecule has 0 bridgehead atoms. The summed E-state index contributed by atoms with van der Waals surface area (Å²) in [5.41, 5.74) is 7.30. The van der Waals surface area contributed by atoms with E-state index < -0.39 is 0 Å². The third-order valence-electron chi connectivity index (χ3n) is 1.67. The Bertz CT molecular complexity index is 329. The summed E-state index contributed by atoms with van der Waals surface area (Å²) in [5, 5.41) is 0. The van der Waals surface area contributed by atoms with E-state index in [0.29, 0.717) is 6.42 Å². The van der Waals surface area contributed by atoms with Crippen LogP contribution in [-0.4, -0.2) is 5.91 Å². The standard InChI is InChI=1S/C11H13NO/c1-9-4-2-5-10(8-9)6-3-7-11(12)13/h2-6,8H,7H2,1H3,(H2,12,13). The molecule has 0 aliphatic heterocycles. The topological polar surface area (TPSA) is 43.1 Å². The normalized spacial score (nSPS) is 10.5. The molecule has 68 valence electrons. The highest BCUT2D eigenvalue weighted by Crippen LogP contribution is 2.05. The summed E-state index contributed by atoms with van der Waals surface area (Å²) < 4.78 is 0. The summed E-state index contributed by atoms with van der Waals surface area (Å²) in [4.78, 5) is 10.4. The molecule has 1 aromatic carbocycles. The molecular formula is C11H13NO. The number of carbonyl (C=O) groups is 1. The van der Waals surface area contributed by atoms with Crippen LogP contribution in [0.2, 0.25) is 0 Å². The number of nitrogens with two attached hydrogens (primary N) is 1. The molecule has 2 heteroatoms. The van der Waals surface area contributed by atoms with E-state index in [4.69, 9.17) is 5.73 Å². The first-order valence-corrected chi connectivity index (χ1v) is 4.20. The van der Waals surface area contributed by atoms with Gasteiger partial charge in [-0.2, -0.15) is 0 Å². The Hall–Kier alpha value is -1.57. The number of hydrogen-bond donors (Lipinski definition) is 1. The molecule has 13 heavy (non-hydrogen) atoms. The van der Waals surface area contributed by atoms with Gasteiger partial charge in [0.25, 0.3) is 0 Å². The zero-order chi connectivity index (χ0) is 9.68. The zero-order valence-corrected chi connectivity index (χ0v) is 7.66. The summed E-state index contributed by atoms with van der Waals surface area (Å²) in [6.07, 6.45) is 3.98. The van der Waals surface area contributed by atoms with Crippen molar-refractivity contribution in [3.63, 3.8) is 0 Å². The van der Waals surface area contributed by atoms with Gasteiger partial charge in [0.2, 0.25) is 5.91 Å². The Morgan fingerprint density at radius 2 is 2.31 bits per heavy atom. The summed E-state index contributed by atoms with van der Waals surface area (Å²) in [7, 11) is 0. The van der Waals surface area contributed by atoms with Crippen LogP contribution in [0, 0.1) is 6.92 Å². The van der Waals surface area contributed by atoms with Crippen molar-refractivity contribution in [2.45, 2.75) is 13.3 Å². The minimum atomic E-state index is -0.302. The molecular weight excluding hydrogens is 162 g/mol. The van der Waals surface area contributed by atoms with Crippen LogP contribution >= 0.6 is 0 Å². The van der Waals surface area contributed by atoms with Gasteiger partial charge in [0, 0.05) is 6.42 Å². The zero-order valence-electron chi connectivity index (χ0n) is 7.66. The van der Waals surface area contributed by atoms with Crippen LogP contribution in [0.4, 0.5) is 0 Å². The van der Waals surface area contributed by atoms with Crippen LogP contribution in [0.15, 0.2) is 30.3 Å². The number of hydrogen-bond acceptors (Lipinski definition) is 1. The number of primary amides is 1. The predicted octanol–water partition coefficient (Wildman–Crippen LogP) is 1.88. The Balaban J connectivity index is 2.63. The number of carbonyl (C=O) groups excluding carboxylic acids is 1. The van der Waals surface area contributed by atoms with Crippen LogP contribution in [0.3, 0.4) is 0 Å². The van der Waals surface area contributed by atoms with Crippen LogP contribution < -0.4 is 5.73 Å². The van der Waals surface area contributed by atoms with E-state index in [-0.39, 0.29) is 5.91 Å². The quantitative estimate of drug-likeness (QED) is 0.748. The second-order valence-electron chi connectivity index (χ2n) is 2.99. The van der Waals surface area contributed by atoms with Crippen LogP contribution in [0.1, 0.15) is 17.5 Å². The molecule has 2 nitrogen and oxygen atoms in total. The number of benzene rings is 1. The van der Waals surface area contributed by atoms with Gasteiger partial charge in [0.05, 0.1) is 0 Å². The molecule has 0 spiro atoms. The number of rotatable bonds is 3. The largest absolute Gasteiger partial charge is 0.369 e. The van der Waals surface area contributed by atoms with Crippen LogP contribution in [0.25, 0.3) is 6.08 Å². The van der Waals surface area contributed by atoms with Crippen molar-refractivity contribution in [2.24, 2.45) is 5.73 Å². The lowest BCUT2D eigenvalue weighted by molar-refractivity contribution is -0.117.